The first-order chi connectivity index (χ1) is 22.4. The van der Waals surface area contributed by atoms with E-state index in [4.69, 9.17) is 25.3 Å². The summed E-state index contributed by atoms with van der Waals surface area (Å²) in [5.74, 6) is 0.316. The second-order valence-electron chi connectivity index (χ2n) is 11.9. The van der Waals surface area contributed by atoms with Gasteiger partial charge < -0.3 is 25.1 Å². The zero-order valence-corrected chi connectivity index (χ0v) is 26.2. The summed E-state index contributed by atoms with van der Waals surface area (Å²) in [5.41, 5.74) is 12.7. The van der Waals surface area contributed by atoms with Gasteiger partial charge in [-0.05, 0) is 57.2 Å². The summed E-state index contributed by atoms with van der Waals surface area (Å²) in [6.45, 7) is 7.01. The molecule has 0 spiro atoms. The summed E-state index contributed by atoms with van der Waals surface area (Å²) in [4.78, 5) is 22.1. The number of fused-ring (bicyclic) bond motifs is 2. The molecule has 46 heavy (non-hydrogen) atoms. The van der Waals surface area contributed by atoms with E-state index in [0.29, 0.717) is 23.1 Å². The van der Waals surface area contributed by atoms with E-state index >= 15 is 0 Å². The molecule has 236 valence electrons. The van der Waals surface area contributed by atoms with E-state index in [0.717, 1.165) is 64.5 Å². The van der Waals surface area contributed by atoms with Crippen LogP contribution in [0.2, 0.25) is 0 Å². The lowest BCUT2D eigenvalue weighted by Crippen LogP contribution is -2.18. The molecule has 12 heteroatoms. The van der Waals surface area contributed by atoms with Crippen molar-refractivity contribution in [3.63, 3.8) is 0 Å². The molecule has 12 nitrogen and oxygen atoms in total. The molecule has 1 saturated heterocycles. The van der Waals surface area contributed by atoms with Gasteiger partial charge in [0.15, 0.2) is 6.23 Å². The Hall–Kier alpha value is -5.23. The lowest BCUT2D eigenvalue weighted by molar-refractivity contribution is -0.145. The fourth-order valence-electron chi connectivity index (χ4n) is 6.04. The molecule has 0 radical (unpaired) electrons. The van der Waals surface area contributed by atoms with Crippen LogP contribution < -0.4 is 11.1 Å². The van der Waals surface area contributed by atoms with E-state index in [1.165, 1.54) is 0 Å². The quantitative estimate of drug-likeness (QED) is 0.178. The Morgan fingerprint density at radius 1 is 1.09 bits per heavy atom. The summed E-state index contributed by atoms with van der Waals surface area (Å²) in [6, 6.07) is 15.9. The SMILES string of the molecule is Cc1nn(CC(=O)OCc2ccccc2)cc1Nc1nc(N)c2c(-c3cccc4c3cnn4C3CCCCO3)cn(C(C)C)c2n1. The van der Waals surface area contributed by atoms with Gasteiger partial charge in [0.1, 0.15) is 24.6 Å². The second-order valence-corrected chi connectivity index (χ2v) is 11.9. The Balaban J connectivity index is 1.17. The van der Waals surface area contributed by atoms with Gasteiger partial charge in [-0.15, -0.1) is 0 Å². The number of nitrogens with one attached hydrogen (secondary N) is 1. The zero-order valence-electron chi connectivity index (χ0n) is 26.2. The molecule has 0 bridgehead atoms. The van der Waals surface area contributed by atoms with Crippen LogP contribution in [0.4, 0.5) is 17.5 Å². The minimum Gasteiger partial charge on any atom is -0.459 e. The molecule has 7 rings (SSSR count). The normalized spacial score (nSPS) is 15.2. The van der Waals surface area contributed by atoms with Crippen molar-refractivity contribution < 1.29 is 14.3 Å². The number of carbonyl (C=O) groups is 1. The van der Waals surface area contributed by atoms with E-state index in [2.05, 4.69) is 52.1 Å². The molecule has 3 N–H and O–H groups in total. The zero-order chi connectivity index (χ0) is 31.8. The number of nitrogens with two attached hydrogens (primary N) is 1. The number of anilines is 3. The molecule has 0 saturated carbocycles. The summed E-state index contributed by atoms with van der Waals surface area (Å²) < 4.78 is 17.1. The molecule has 4 aromatic heterocycles. The van der Waals surface area contributed by atoms with Gasteiger partial charge in [-0.25, -0.2) is 4.68 Å². The van der Waals surface area contributed by atoms with Crippen LogP contribution >= 0.6 is 0 Å². The molecule has 2 aromatic carbocycles. The average molecular weight is 620 g/mol. The van der Waals surface area contributed by atoms with Crippen LogP contribution in [0.15, 0.2) is 67.1 Å². The number of benzene rings is 2. The number of nitrogens with zero attached hydrogens (tertiary/aromatic N) is 7. The molecule has 6 aromatic rings. The van der Waals surface area contributed by atoms with Gasteiger partial charge in [0.25, 0.3) is 0 Å². The third kappa shape index (κ3) is 5.67. The molecule has 0 aliphatic carbocycles. The summed E-state index contributed by atoms with van der Waals surface area (Å²) in [7, 11) is 0. The molecular weight excluding hydrogens is 582 g/mol. The van der Waals surface area contributed by atoms with Gasteiger partial charge >= 0.3 is 5.97 Å². The second kappa shape index (κ2) is 12.3. The molecule has 0 amide bonds. The first kappa shape index (κ1) is 29.5. The van der Waals surface area contributed by atoms with Crippen LogP contribution in [-0.4, -0.2) is 46.7 Å². The maximum atomic E-state index is 12.5. The molecule has 1 aliphatic rings. The highest BCUT2D eigenvalue weighted by Gasteiger charge is 2.23. The maximum absolute atomic E-state index is 12.5. The van der Waals surface area contributed by atoms with Crippen molar-refractivity contribution in [2.24, 2.45) is 0 Å². The van der Waals surface area contributed by atoms with Crippen LogP contribution in [0, 0.1) is 6.92 Å². The van der Waals surface area contributed by atoms with Crippen molar-refractivity contribution in [3.05, 3.63) is 78.4 Å². The van der Waals surface area contributed by atoms with Gasteiger partial charge in [-0.2, -0.15) is 20.2 Å². The predicted octanol–water partition coefficient (Wildman–Crippen LogP) is 6.30. The van der Waals surface area contributed by atoms with E-state index in [1.807, 2.05) is 54.2 Å². The molecule has 5 heterocycles. The van der Waals surface area contributed by atoms with Gasteiger partial charge in [0, 0.05) is 36.0 Å². The van der Waals surface area contributed by atoms with Crippen molar-refractivity contribution in [2.45, 2.75) is 65.5 Å². The number of rotatable bonds is 9. The Bertz CT molecular complexity index is 2020. The summed E-state index contributed by atoms with van der Waals surface area (Å²) in [6.07, 6.45) is 8.83. The van der Waals surface area contributed by atoms with E-state index in [-0.39, 0.29) is 31.4 Å². The van der Waals surface area contributed by atoms with Gasteiger partial charge in [-0.3, -0.25) is 9.48 Å². The van der Waals surface area contributed by atoms with Gasteiger partial charge in [-0.1, -0.05) is 42.5 Å². The molecule has 1 unspecified atom stereocenters. The number of nitrogen functional groups attached to an aromatic ring is 1. The Labute approximate surface area is 266 Å². The number of hydrogen-bond acceptors (Lipinski definition) is 9. The maximum Gasteiger partial charge on any atom is 0.328 e. The van der Waals surface area contributed by atoms with Crippen molar-refractivity contribution in [1.82, 2.24) is 34.1 Å². The number of aryl methyl sites for hydroxylation is 1. The fourth-order valence-corrected chi connectivity index (χ4v) is 6.04. The Morgan fingerprint density at radius 3 is 2.72 bits per heavy atom. The van der Waals surface area contributed by atoms with Crippen LogP contribution in [-0.2, 0) is 27.4 Å². The largest absolute Gasteiger partial charge is 0.459 e. The van der Waals surface area contributed by atoms with Crippen molar-refractivity contribution in [1.29, 1.82) is 0 Å². The minimum atomic E-state index is -0.381. The summed E-state index contributed by atoms with van der Waals surface area (Å²) in [5, 5.41) is 14.3. The van der Waals surface area contributed by atoms with Gasteiger partial charge in [0.2, 0.25) is 5.95 Å². The lowest BCUT2D eigenvalue weighted by Gasteiger charge is -2.23. The average Bonchev–Trinajstić information content (AvgIpc) is 3.76. The first-order valence-corrected chi connectivity index (χ1v) is 15.6. The minimum absolute atomic E-state index is 0.0219. The monoisotopic (exact) mass is 619 g/mol. The van der Waals surface area contributed by atoms with E-state index in [9.17, 15) is 4.79 Å². The fraction of sp³-hybridized carbons (Fsp3) is 0.324. The topological polar surface area (TPSA) is 140 Å². The Morgan fingerprint density at radius 2 is 1.93 bits per heavy atom. The summed E-state index contributed by atoms with van der Waals surface area (Å²) >= 11 is 0. The molecule has 1 fully saturated rings. The van der Waals surface area contributed by atoms with E-state index < -0.39 is 0 Å². The van der Waals surface area contributed by atoms with Crippen LogP contribution in [0.1, 0.15) is 56.6 Å². The van der Waals surface area contributed by atoms with E-state index in [1.54, 1.807) is 10.9 Å². The number of ether oxygens (including phenoxy) is 2. The van der Waals surface area contributed by atoms with Crippen molar-refractivity contribution in [2.75, 3.05) is 17.7 Å². The number of hydrogen-bond donors (Lipinski definition) is 2. The smallest absolute Gasteiger partial charge is 0.328 e. The highest BCUT2D eigenvalue weighted by molar-refractivity contribution is 6.07. The third-order valence-electron chi connectivity index (χ3n) is 8.34. The Kier molecular flexibility index (Phi) is 7.87. The first-order valence-electron chi connectivity index (χ1n) is 15.6. The predicted molar refractivity (Wildman–Crippen MR) is 176 cm³/mol. The van der Waals surface area contributed by atoms with Gasteiger partial charge in [0.05, 0.1) is 28.5 Å². The number of esters is 1. The number of carbonyl (C=O) groups excluding carboxylic acids is 1. The third-order valence-corrected chi connectivity index (χ3v) is 8.34. The number of aromatic nitrogens is 7. The molecular formula is C34H37N9O3. The standard InChI is InChI=1S/C34H37N9O3/c1-21(2)42-17-26(24-12-9-13-28-25(24)16-36-43(28)29-14-7-8-15-45-29)31-32(35)38-34(39-33(31)42)37-27-18-41(40-22(27)3)19-30(44)46-20-23-10-5-4-6-11-23/h4-6,9-13,16-18,21,29H,7-8,14-15,19-20H2,1-3H3,(H3,35,37,38,39). The van der Waals surface area contributed by atoms with Crippen LogP contribution in [0.3, 0.4) is 0 Å². The molecule has 1 atom stereocenters. The van der Waals surface area contributed by atoms with Crippen LogP contribution in [0.25, 0.3) is 33.1 Å². The van der Waals surface area contributed by atoms with Crippen LogP contribution in [0.5, 0.6) is 0 Å². The molecule has 1 aliphatic heterocycles. The van der Waals surface area contributed by atoms with Crippen molar-refractivity contribution in [3.8, 4) is 11.1 Å². The van der Waals surface area contributed by atoms with Crippen molar-refractivity contribution >= 4 is 45.4 Å². The lowest BCUT2D eigenvalue weighted by atomic mass is 10.0. The highest BCUT2D eigenvalue weighted by atomic mass is 16.5. The highest BCUT2D eigenvalue weighted by Crippen LogP contribution is 2.39.